The SMILES string of the molecule is Cc1cc(C=NNC(N)=S)c(C)c2c1[nH]c1ccccc12. The van der Waals surface area contributed by atoms with Crippen LogP contribution < -0.4 is 11.2 Å². The van der Waals surface area contributed by atoms with E-state index in [0.717, 1.165) is 11.1 Å². The molecule has 5 heteroatoms. The maximum absolute atomic E-state index is 5.37. The quantitative estimate of drug-likeness (QED) is 0.387. The third kappa shape index (κ3) is 2.36. The predicted octanol–water partition coefficient (Wildman–Crippen LogP) is 3.11. The van der Waals surface area contributed by atoms with Gasteiger partial charge in [0.15, 0.2) is 5.11 Å². The lowest BCUT2D eigenvalue weighted by Crippen LogP contribution is -2.24. The lowest BCUT2D eigenvalue weighted by atomic mass is 9.99. The number of benzene rings is 2. The van der Waals surface area contributed by atoms with E-state index >= 15 is 0 Å². The molecule has 1 heterocycles. The number of nitrogens with two attached hydrogens (primary N) is 1. The number of fused-ring (bicyclic) bond motifs is 3. The summed E-state index contributed by atoms with van der Waals surface area (Å²) < 4.78 is 0. The predicted molar refractivity (Wildman–Crippen MR) is 92.8 cm³/mol. The first-order valence-electron chi connectivity index (χ1n) is 6.67. The maximum atomic E-state index is 5.37. The van der Waals surface area contributed by atoms with Gasteiger partial charge in [-0.15, -0.1) is 0 Å². The monoisotopic (exact) mass is 296 g/mol. The van der Waals surface area contributed by atoms with E-state index in [-0.39, 0.29) is 5.11 Å². The molecule has 0 saturated heterocycles. The van der Waals surface area contributed by atoms with E-state index in [4.69, 9.17) is 18.0 Å². The molecule has 21 heavy (non-hydrogen) atoms. The highest BCUT2D eigenvalue weighted by Gasteiger charge is 2.11. The highest BCUT2D eigenvalue weighted by Crippen LogP contribution is 2.31. The molecule has 0 bridgehead atoms. The van der Waals surface area contributed by atoms with Crippen LogP contribution in [0, 0.1) is 13.8 Å². The summed E-state index contributed by atoms with van der Waals surface area (Å²) in [6, 6.07) is 10.4. The molecule has 0 atom stereocenters. The lowest BCUT2D eigenvalue weighted by molar-refractivity contribution is 1.04. The van der Waals surface area contributed by atoms with Crippen molar-refractivity contribution in [3.63, 3.8) is 0 Å². The first-order chi connectivity index (χ1) is 10.1. The van der Waals surface area contributed by atoms with Gasteiger partial charge in [0.2, 0.25) is 0 Å². The van der Waals surface area contributed by atoms with E-state index in [2.05, 4.69) is 53.6 Å². The van der Waals surface area contributed by atoms with Crippen LogP contribution in [0.5, 0.6) is 0 Å². The van der Waals surface area contributed by atoms with Crippen molar-refractivity contribution in [3.8, 4) is 0 Å². The standard InChI is InChI=1S/C16H16N4S/c1-9-7-11(8-18-20-16(17)21)10(2)14-12-5-3-4-6-13(12)19-15(9)14/h3-8,19H,1-2H3,(H3,17,20,21). The van der Waals surface area contributed by atoms with Crippen LogP contribution >= 0.6 is 12.2 Å². The summed E-state index contributed by atoms with van der Waals surface area (Å²) in [5.74, 6) is 0. The number of thiocarbonyl (C=S) groups is 1. The molecule has 0 aliphatic carbocycles. The number of hydrazone groups is 1. The highest BCUT2D eigenvalue weighted by molar-refractivity contribution is 7.80. The molecule has 0 amide bonds. The van der Waals surface area contributed by atoms with Crippen LogP contribution in [-0.2, 0) is 0 Å². The molecule has 0 aliphatic heterocycles. The Bertz CT molecular complexity index is 877. The van der Waals surface area contributed by atoms with Crippen molar-refractivity contribution in [2.24, 2.45) is 10.8 Å². The van der Waals surface area contributed by atoms with Crippen molar-refractivity contribution in [3.05, 3.63) is 47.0 Å². The largest absolute Gasteiger partial charge is 0.375 e. The summed E-state index contributed by atoms with van der Waals surface area (Å²) in [5.41, 5.74) is 13.7. The van der Waals surface area contributed by atoms with Crippen LogP contribution in [0.25, 0.3) is 21.8 Å². The summed E-state index contributed by atoms with van der Waals surface area (Å²) in [7, 11) is 0. The first-order valence-corrected chi connectivity index (χ1v) is 7.08. The van der Waals surface area contributed by atoms with Gasteiger partial charge in [-0.05, 0) is 54.9 Å². The molecular weight excluding hydrogens is 280 g/mol. The fraction of sp³-hybridized carbons (Fsp3) is 0.125. The van der Waals surface area contributed by atoms with Crippen molar-refractivity contribution >= 4 is 45.4 Å². The highest BCUT2D eigenvalue weighted by atomic mass is 32.1. The number of hydrogen-bond acceptors (Lipinski definition) is 2. The van der Waals surface area contributed by atoms with Crippen molar-refractivity contribution < 1.29 is 0 Å². The second-order valence-corrected chi connectivity index (χ2v) is 5.50. The molecule has 0 radical (unpaired) electrons. The number of nitrogens with one attached hydrogen (secondary N) is 2. The minimum atomic E-state index is 0.161. The smallest absolute Gasteiger partial charge is 0.184 e. The summed E-state index contributed by atoms with van der Waals surface area (Å²) >= 11 is 4.74. The molecule has 0 unspecified atom stereocenters. The number of rotatable bonds is 2. The van der Waals surface area contributed by atoms with Crippen molar-refractivity contribution in [2.45, 2.75) is 13.8 Å². The number of hydrogen-bond donors (Lipinski definition) is 3. The molecule has 1 aromatic heterocycles. The summed E-state index contributed by atoms with van der Waals surface area (Å²) in [4.78, 5) is 3.49. The number of H-pyrrole nitrogens is 1. The third-order valence-electron chi connectivity index (χ3n) is 3.66. The van der Waals surface area contributed by atoms with E-state index in [1.54, 1.807) is 6.21 Å². The van der Waals surface area contributed by atoms with E-state index in [9.17, 15) is 0 Å². The van der Waals surface area contributed by atoms with E-state index in [1.807, 2.05) is 6.07 Å². The minimum absolute atomic E-state index is 0.161. The van der Waals surface area contributed by atoms with Gasteiger partial charge in [-0.2, -0.15) is 5.10 Å². The fourth-order valence-electron chi connectivity index (χ4n) is 2.68. The Morgan fingerprint density at radius 2 is 2.10 bits per heavy atom. The van der Waals surface area contributed by atoms with Gasteiger partial charge in [0.05, 0.1) is 6.21 Å². The first kappa shape index (κ1) is 13.6. The zero-order valence-corrected chi connectivity index (χ0v) is 12.7. The van der Waals surface area contributed by atoms with Crippen LogP contribution in [0.2, 0.25) is 0 Å². The van der Waals surface area contributed by atoms with Crippen molar-refractivity contribution in [2.75, 3.05) is 0 Å². The Morgan fingerprint density at radius 3 is 2.86 bits per heavy atom. The second kappa shape index (κ2) is 5.18. The number of aromatic amines is 1. The number of aryl methyl sites for hydroxylation is 2. The van der Waals surface area contributed by atoms with Crippen LogP contribution in [-0.4, -0.2) is 16.3 Å². The van der Waals surface area contributed by atoms with Crippen molar-refractivity contribution in [1.82, 2.24) is 10.4 Å². The molecule has 3 rings (SSSR count). The summed E-state index contributed by atoms with van der Waals surface area (Å²) in [6.45, 7) is 4.19. The second-order valence-electron chi connectivity index (χ2n) is 5.06. The van der Waals surface area contributed by atoms with Crippen molar-refractivity contribution in [1.29, 1.82) is 0 Å². The van der Waals surface area contributed by atoms with Gasteiger partial charge < -0.3 is 10.7 Å². The molecule has 106 valence electrons. The van der Waals surface area contributed by atoms with Crippen LogP contribution in [0.3, 0.4) is 0 Å². The van der Waals surface area contributed by atoms with Gasteiger partial charge in [-0.1, -0.05) is 18.2 Å². The Labute approximate surface area is 128 Å². The topological polar surface area (TPSA) is 66.2 Å². The maximum Gasteiger partial charge on any atom is 0.184 e. The number of nitrogens with zero attached hydrogens (tertiary/aromatic N) is 1. The summed E-state index contributed by atoms with van der Waals surface area (Å²) in [5, 5.41) is 6.69. The molecule has 0 fully saturated rings. The third-order valence-corrected chi connectivity index (χ3v) is 3.75. The fourth-order valence-corrected chi connectivity index (χ4v) is 2.74. The molecular formula is C16H16N4S. The van der Waals surface area contributed by atoms with Gasteiger partial charge in [0, 0.05) is 21.8 Å². The zero-order chi connectivity index (χ0) is 15.0. The molecule has 3 aromatic rings. The normalized spacial score (nSPS) is 11.5. The van der Waals surface area contributed by atoms with E-state index in [0.29, 0.717) is 0 Å². The molecule has 4 nitrogen and oxygen atoms in total. The van der Waals surface area contributed by atoms with E-state index in [1.165, 1.54) is 27.4 Å². The number of para-hydroxylation sites is 1. The van der Waals surface area contributed by atoms with Gasteiger partial charge >= 0.3 is 0 Å². The van der Waals surface area contributed by atoms with E-state index < -0.39 is 0 Å². The molecule has 2 aromatic carbocycles. The zero-order valence-electron chi connectivity index (χ0n) is 11.9. The average Bonchev–Trinajstić information content (AvgIpc) is 2.84. The molecule has 0 saturated carbocycles. The van der Waals surface area contributed by atoms with Gasteiger partial charge in [-0.3, -0.25) is 5.43 Å². The minimum Gasteiger partial charge on any atom is -0.375 e. The van der Waals surface area contributed by atoms with Crippen LogP contribution in [0.4, 0.5) is 0 Å². The average molecular weight is 296 g/mol. The molecule has 0 aliphatic rings. The Hall–Kier alpha value is -2.40. The van der Waals surface area contributed by atoms with Crippen LogP contribution in [0.15, 0.2) is 35.4 Å². The van der Waals surface area contributed by atoms with Gasteiger partial charge in [0.25, 0.3) is 0 Å². The Kier molecular flexibility index (Phi) is 3.35. The van der Waals surface area contributed by atoms with Gasteiger partial charge in [0.1, 0.15) is 0 Å². The molecule has 0 spiro atoms. The summed E-state index contributed by atoms with van der Waals surface area (Å²) in [6.07, 6.45) is 1.75. The Balaban J connectivity index is 2.24. The number of aromatic nitrogens is 1. The lowest BCUT2D eigenvalue weighted by Gasteiger charge is -2.06. The van der Waals surface area contributed by atoms with Crippen LogP contribution in [0.1, 0.15) is 16.7 Å². The van der Waals surface area contributed by atoms with Gasteiger partial charge in [-0.25, -0.2) is 0 Å². The molecule has 4 N–H and O–H groups in total. The Morgan fingerprint density at radius 1 is 1.33 bits per heavy atom.